The molecule has 1 N–H and O–H groups in total. The molecule has 0 fully saturated rings. The quantitative estimate of drug-likeness (QED) is 0.613. The van der Waals surface area contributed by atoms with E-state index in [0.717, 1.165) is 33.0 Å². The first-order valence-corrected chi connectivity index (χ1v) is 5.66. The minimum atomic E-state index is -0.0948. The number of aromatic amines is 1. The number of ether oxygens (including phenoxy) is 2. The fourth-order valence-electron chi connectivity index (χ4n) is 2.37. The smallest absolute Gasteiger partial charge is 0.248 e. The predicted octanol–water partition coefficient (Wildman–Crippen LogP) is 2.41. The van der Waals surface area contributed by atoms with E-state index in [-0.39, 0.29) is 12.4 Å². The Balaban J connectivity index is 2.18. The van der Waals surface area contributed by atoms with Crippen molar-refractivity contribution in [2.24, 2.45) is 0 Å². The van der Waals surface area contributed by atoms with Gasteiger partial charge in [-0.1, -0.05) is 12.1 Å². The number of hydrogen-bond acceptors (Lipinski definition) is 3. The monoisotopic (exact) mass is 239 g/mol. The molecule has 0 bridgehead atoms. The van der Waals surface area contributed by atoms with E-state index in [1.54, 1.807) is 12.3 Å². The van der Waals surface area contributed by atoms with Gasteiger partial charge in [0.15, 0.2) is 11.5 Å². The Kier molecular flexibility index (Phi) is 1.73. The molecule has 0 saturated heterocycles. The van der Waals surface area contributed by atoms with Crippen molar-refractivity contribution in [3.63, 3.8) is 0 Å². The van der Waals surface area contributed by atoms with Gasteiger partial charge in [0.05, 0.1) is 0 Å². The van der Waals surface area contributed by atoms with E-state index in [0.29, 0.717) is 0 Å². The molecule has 4 rings (SSSR count). The normalized spacial score (nSPS) is 13.3. The van der Waals surface area contributed by atoms with Gasteiger partial charge in [-0.05, 0) is 28.3 Å². The highest BCUT2D eigenvalue weighted by Crippen LogP contribution is 2.38. The van der Waals surface area contributed by atoms with Crippen molar-refractivity contribution in [2.45, 2.75) is 0 Å². The zero-order chi connectivity index (χ0) is 12.1. The first-order valence-electron chi connectivity index (χ1n) is 5.66. The Hall–Kier alpha value is -2.49. The third-order valence-corrected chi connectivity index (χ3v) is 3.23. The molecule has 1 aliphatic rings. The topological polar surface area (TPSA) is 51.3 Å². The maximum Gasteiger partial charge on any atom is 0.248 e. The Bertz CT molecular complexity index is 835. The summed E-state index contributed by atoms with van der Waals surface area (Å²) in [6.07, 6.45) is 1.74. The van der Waals surface area contributed by atoms with Crippen LogP contribution in [0.3, 0.4) is 0 Å². The summed E-state index contributed by atoms with van der Waals surface area (Å²) in [5, 5.41) is 4.04. The number of pyridine rings is 1. The number of H-pyrrole nitrogens is 1. The molecule has 0 spiro atoms. The maximum atomic E-state index is 11.3. The van der Waals surface area contributed by atoms with Gasteiger partial charge in [0.1, 0.15) is 0 Å². The van der Waals surface area contributed by atoms with Gasteiger partial charge in [-0.2, -0.15) is 0 Å². The standard InChI is InChI=1S/C14H9NO3/c16-14-4-9-2-1-8-3-12-13(18-7-17-12)5-10(8)11(9)6-15-14/h1-6H,7H2,(H,15,16). The van der Waals surface area contributed by atoms with E-state index >= 15 is 0 Å². The molecule has 3 aromatic rings. The van der Waals surface area contributed by atoms with Crippen LogP contribution in [0.15, 0.2) is 41.3 Å². The summed E-state index contributed by atoms with van der Waals surface area (Å²) in [5.74, 6) is 1.52. The molecule has 1 aromatic heterocycles. The summed E-state index contributed by atoms with van der Waals surface area (Å²) in [7, 11) is 0. The van der Waals surface area contributed by atoms with Crippen molar-refractivity contribution in [1.82, 2.24) is 4.98 Å². The van der Waals surface area contributed by atoms with Gasteiger partial charge in [0.25, 0.3) is 0 Å². The number of rotatable bonds is 0. The molecule has 0 amide bonds. The predicted molar refractivity (Wildman–Crippen MR) is 68.2 cm³/mol. The summed E-state index contributed by atoms with van der Waals surface area (Å²) < 4.78 is 10.7. The van der Waals surface area contributed by atoms with Crippen LogP contribution in [-0.4, -0.2) is 11.8 Å². The fourth-order valence-corrected chi connectivity index (χ4v) is 2.37. The zero-order valence-electron chi connectivity index (χ0n) is 9.40. The van der Waals surface area contributed by atoms with Crippen LogP contribution in [0, 0.1) is 0 Å². The maximum absolute atomic E-state index is 11.3. The molecule has 0 radical (unpaired) electrons. The molecule has 1 aliphatic heterocycles. The lowest BCUT2D eigenvalue weighted by Crippen LogP contribution is -2.01. The van der Waals surface area contributed by atoms with E-state index in [2.05, 4.69) is 4.98 Å². The second kappa shape index (κ2) is 3.26. The van der Waals surface area contributed by atoms with Crippen LogP contribution in [0.2, 0.25) is 0 Å². The highest BCUT2D eigenvalue weighted by Gasteiger charge is 2.15. The number of hydrogen-bond donors (Lipinski definition) is 1. The molecular weight excluding hydrogens is 230 g/mol. The molecule has 0 atom stereocenters. The van der Waals surface area contributed by atoms with Gasteiger partial charge >= 0.3 is 0 Å². The molecule has 4 nitrogen and oxygen atoms in total. The Morgan fingerprint density at radius 3 is 2.50 bits per heavy atom. The van der Waals surface area contributed by atoms with Crippen LogP contribution in [0.4, 0.5) is 0 Å². The van der Waals surface area contributed by atoms with Gasteiger partial charge in [0, 0.05) is 17.6 Å². The third kappa shape index (κ3) is 1.23. The molecule has 4 heteroatoms. The first-order chi connectivity index (χ1) is 8.81. The van der Waals surface area contributed by atoms with Gasteiger partial charge in [0.2, 0.25) is 12.4 Å². The number of aromatic nitrogens is 1. The molecule has 88 valence electrons. The number of fused-ring (bicyclic) bond motifs is 4. The molecule has 0 aliphatic carbocycles. The summed E-state index contributed by atoms with van der Waals surface area (Å²) in [6.45, 7) is 0.264. The van der Waals surface area contributed by atoms with E-state index in [9.17, 15) is 4.79 Å². The van der Waals surface area contributed by atoms with Crippen LogP contribution >= 0.6 is 0 Å². The molecule has 2 aromatic carbocycles. The van der Waals surface area contributed by atoms with Crippen molar-refractivity contribution in [1.29, 1.82) is 0 Å². The molecule has 2 heterocycles. The second-order valence-electron chi connectivity index (χ2n) is 4.29. The molecule has 0 saturated carbocycles. The average Bonchev–Trinajstić information content (AvgIpc) is 2.82. The van der Waals surface area contributed by atoms with Gasteiger partial charge in [-0.3, -0.25) is 4.79 Å². The fraction of sp³-hybridized carbons (Fsp3) is 0.0714. The summed E-state index contributed by atoms with van der Waals surface area (Å²) >= 11 is 0. The molecule has 18 heavy (non-hydrogen) atoms. The molecular formula is C14H9NO3. The Morgan fingerprint density at radius 2 is 1.67 bits per heavy atom. The van der Waals surface area contributed by atoms with Crippen molar-refractivity contribution < 1.29 is 9.47 Å². The first kappa shape index (κ1) is 9.53. The summed E-state index contributed by atoms with van der Waals surface area (Å²) in [5.41, 5.74) is -0.0948. The van der Waals surface area contributed by atoms with Crippen LogP contribution in [0.1, 0.15) is 0 Å². The van der Waals surface area contributed by atoms with E-state index in [4.69, 9.17) is 9.47 Å². The van der Waals surface area contributed by atoms with Gasteiger partial charge in [-0.15, -0.1) is 0 Å². The van der Waals surface area contributed by atoms with E-state index in [1.807, 2.05) is 24.3 Å². The zero-order valence-corrected chi connectivity index (χ0v) is 9.40. The van der Waals surface area contributed by atoms with Crippen molar-refractivity contribution in [2.75, 3.05) is 6.79 Å². The van der Waals surface area contributed by atoms with E-state index in [1.165, 1.54) is 0 Å². The molecule has 0 unspecified atom stereocenters. The summed E-state index contributed by atoms with van der Waals surface area (Å²) in [4.78, 5) is 14.0. The van der Waals surface area contributed by atoms with Crippen LogP contribution in [0.5, 0.6) is 11.5 Å². The van der Waals surface area contributed by atoms with E-state index < -0.39 is 0 Å². The Labute approximate surface area is 102 Å². The third-order valence-electron chi connectivity index (χ3n) is 3.23. The minimum Gasteiger partial charge on any atom is -0.454 e. The minimum absolute atomic E-state index is 0.0948. The van der Waals surface area contributed by atoms with Gasteiger partial charge in [-0.25, -0.2) is 0 Å². The van der Waals surface area contributed by atoms with Crippen molar-refractivity contribution in [3.8, 4) is 11.5 Å². The van der Waals surface area contributed by atoms with Crippen LogP contribution in [0.25, 0.3) is 21.5 Å². The largest absolute Gasteiger partial charge is 0.454 e. The number of nitrogens with one attached hydrogen (secondary N) is 1. The van der Waals surface area contributed by atoms with Crippen molar-refractivity contribution >= 4 is 21.5 Å². The van der Waals surface area contributed by atoms with Crippen molar-refractivity contribution in [3.05, 3.63) is 46.9 Å². The lowest BCUT2D eigenvalue weighted by atomic mass is 10.0. The lowest BCUT2D eigenvalue weighted by Gasteiger charge is -2.04. The summed E-state index contributed by atoms with van der Waals surface area (Å²) in [6, 6.07) is 9.44. The van der Waals surface area contributed by atoms with Gasteiger partial charge < -0.3 is 14.5 Å². The lowest BCUT2D eigenvalue weighted by molar-refractivity contribution is 0.174. The number of benzene rings is 2. The Morgan fingerprint density at radius 1 is 0.944 bits per heavy atom. The highest BCUT2D eigenvalue weighted by molar-refractivity contribution is 6.08. The second-order valence-corrected chi connectivity index (χ2v) is 4.29. The SMILES string of the molecule is O=c1cc2ccc3cc4c(cc3c2c[nH]1)OCO4. The van der Waals surface area contributed by atoms with Crippen LogP contribution in [-0.2, 0) is 0 Å². The van der Waals surface area contributed by atoms with Crippen LogP contribution < -0.4 is 15.0 Å². The highest BCUT2D eigenvalue weighted by atomic mass is 16.7. The average molecular weight is 239 g/mol.